The monoisotopic (exact) mass is 330 g/mol. The van der Waals surface area contributed by atoms with Crippen LogP contribution < -0.4 is 10.1 Å². The Labute approximate surface area is 127 Å². The van der Waals surface area contributed by atoms with Crippen molar-refractivity contribution in [3.63, 3.8) is 0 Å². The maximum absolute atomic E-state index is 8.51. The summed E-state index contributed by atoms with van der Waals surface area (Å²) in [4.78, 5) is 0. The van der Waals surface area contributed by atoms with E-state index in [9.17, 15) is 0 Å². The van der Waals surface area contributed by atoms with Crippen molar-refractivity contribution in [2.24, 2.45) is 0 Å². The van der Waals surface area contributed by atoms with Gasteiger partial charge in [-0.15, -0.1) is 0 Å². The number of hydrogen-bond donors (Lipinski definition) is 1. The SMILES string of the molecule is Cc1c(Br)cccc1NCc1cccc(OCC#N)c1. The van der Waals surface area contributed by atoms with Gasteiger partial charge in [0, 0.05) is 16.7 Å². The lowest BCUT2D eigenvalue weighted by molar-refractivity contribution is 0.368. The summed E-state index contributed by atoms with van der Waals surface area (Å²) < 4.78 is 6.39. The molecule has 0 saturated carbocycles. The highest BCUT2D eigenvalue weighted by Gasteiger charge is 2.02. The van der Waals surface area contributed by atoms with Gasteiger partial charge in [0.05, 0.1) is 0 Å². The Morgan fingerprint density at radius 3 is 2.85 bits per heavy atom. The molecule has 0 unspecified atom stereocenters. The fourth-order valence-corrected chi connectivity index (χ4v) is 2.22. The molecular weight excluding hydrogens is 316 g/mol. The second-order valence-corrected chi connectivity index (χ2v) is 5.21. The summed E-state index contributed by atoms with van der Waals surface area (Å²) in [5.74, 6) is 0.719. The van der Waals surface area contributed by atoms with Crippen LogP contribution in [0.5, 0.6) is 5.75 Å². The normalized spacial score (nSPS) is 9.85. The molecule has 0 aromatic heterocycles. The first-order chi connectivity index (χ1) is 9.70. The first-order valence-corrected chi connectivity index (χ1v) is 7.07. The van der Waals surface area contributed by atoms with Gasteiger partial charge in [0.15, 0.2) is 6.61 Å². The predicted octanol–water partition coefficient (Wildman–Crippen LogP) is 4.27. The van der Waals surface area contributed by atoms with Crippen LogP contribution in [0, 0.1) is 18.3 Å². The lowest BCUT2D eigenvalue weighted by atomic mass is 10.1. The number of benzene rings is 2. The van der Waals surface area contributed by atoms with Gasteiger partial charge < -0.3 is 10.1 Å². The van der Waals surface area contributed by atoms with E-state index in [1.807, 2.05) is 42.5 Å². The molecule has 20 heavy (non-hydrogen) atoms. The fraction of sp³-hybridized carbons (Fsp3) is 0.188. The van der Waals surface area contributed by atoms with Crippen LogP contribution in [-0.2, 0) is 6.54 Å². The molecule has 3 nitrogen and oxygen atoms in total. The Morgan fingerprint density at radius 2 is 2.05 bits per heavy atom. The van der Waals surface area contributed by atoms with Gasteiger partial charge in [-0.25, -0.2) is 0 Å². The molecule has 0 bridgehead atoms. The summed E-state index contributed by atoms with van der Waals surface area (Å²) in [6, 6.07) is 15.8. The summed E-state index contributed by atoms with van der Waals surface area (Å²) in [5.41, 5.74) is 3.40. The van der Waals surface area contributed by atoms with Crippen molar-refractivity contribution in [3.8, 4) is 11.8 Å². The summed E-state index contributed by atoms with van der Waals surface area (Å²) in [6.07, 6.45) is 0. The molecule has 2 aromatic rings. The van der Waals surface area contributed by atoms with Gasteiger partial charge in [-0.05, 0) is 42.3 Å². The molecule has 0 spiro atoms. The summed E-state index contributed by atoms with van der Waals surface area (Å²) in [6.45, 7) is 2.85. The molecule has 0 amide bonds. The minimum atomic E-state index is 0.0711. The van der Waals surface area contributed by atoms with Crippen LogP contribution in [0.3, 0.4) is 0 Å². The summed E-state index contributed by atoms with van der Waals surface area (Å²) >= 11 is 3.52. The van der Waals surface area contributed by atoms with Gasteiger partial charge in [-0.3, -0.25) is 0 Å². The van der Waals surface area contributed by atoms with Crippen molar-refractivity contribution >= 4 is 21.6 Å². The molecule has 102 valence electrons. The molecule has 2 aromatic carbocycles. The van der Waals surface area contributed by atoms with Gasteiger partial charge in [-0.2, -0.15) is 5.26 Å². The molecule has 0 radical (unpaired) electrons. The molecule has 1 N–H and O–H groups in total. The number of nitrogens with one attached hydrogen (secondary N) is 1. The molecule has 4 heteroatoms. The average Bonchev–Trinajstić information content (AvgIpc) is 2.47. The van der Waals surface area contributed by atoms with Crippen molar-refractivity contribution in [1.29, 1.82) is 5.26 Å². The van der Waals surface area contributed by atoms with Gasteiger partial charge in [-0.1, -0.05) is 34.1 Å². The molecule has 0 aliphatic carbocycles. The third kappa shape index (κ3) is 3.75. The van der Waals surface area contributed by atoms with Gasteiger partial charge in [0.25, 0.3) is 0 Å². The van der Waals surface area contributed by atoms with Crippen LogP contribution >= 0.6 is 15.9 Å². The van der Waals surface area contributed by atoms with E-state index in [2.05, 4.69) is 34.2 Å². The minimum absolute atomic E-state index is 0.0711. The van der Waals surface area contributed by atoms with E-state index in [1.165, 1.54) is 5.56 Å². The maximum Gasteiger partial charge on any atom is 0.174 e. The van der Waals surface area contributed by atoms with Crippen molar-refractivity contribution < 1.29 is 4.74 Å². The third-order valence-electron chi connectivity index (χ3n) is 2.95. The zero-order valence-corrected chi connectivity index (χ0v) is 12.8. The highest BCUT2D eigenvalue weighted by molar-refractivity contribution is 9.10. The van der Waals surface area contributed by atoms with Crippen molar-refractivity contribution in [2.75, 3.05) is 11.9 Å². The molecular formula is C16H15BrN2O. The first-order valence-electron chi connectivity index (χ1n) is 6.28. The second-order valence-electron chi connectivity index (χ2n) is 4.36. The van der Waals surface area contributed by atoms with Crippen LogP contribution in [0.4, 0.5) is 5.69 Å². The largest absolute Gasteiger partial charge is 0.479 e. The Kier molecular flexibility index (Phi) is 5.03. The van der Waals surface area contributed by atoms with Crippen LogP contribution in [0.1, 0.15) is 11.1 Å². The molecule has 0 heterocycles. The molecule has 2 rings (SSSR count). The number of halogens is 1. The Morgan fingerprint density at radius 1 is 1.25 bits per heavy atom. The quantitative estimate of drug-likeness (QED) is 0.890. The molecule has 0 fully saturated rings. The highest BCUT2D eigenvalue weighted by Crippen LogP contribution is 2.24. The summed E-state index contributed by atoms with van der Waals surface area (Å²) in [5, 5.41) is 11.9. The van der Waals surface area contributed by atoms with E-state index in [0.717, 1.165) is 21.5 Å². The number of rotatable bonds is 5. The van der Waals surface area contributed by atoms with Gasteiger partial charge >= 0.3 is 0 Å². The molecule has 0 saturated heterocycles. The Balaban J connectivity index is 2.04. The van der Waals surface area contributed by atoms with E-state index in [1.54, 1.807) is 0 Å². The van der Waals surface area contributed by atoms with Crippen LogP contribution in [0.25, 0.3) is 0 Å². The first kappa shape index (κ1) is 14.4. The van der Waals surface area contributed by atoms with Crippen molar-refractivity contribution in [3.05, 3.63) is 58.1 Å². The smallest absolute Gasteiger partial charge is 0.174 e. The topological polar surface area (TPSA) is 45.0 Å². The lowest BCUT2D eigenvalue weighted by Crippen LogP contribution is -2.02. The average molecular weight is 331 g/mol. The Bertz CT molecular complexity index is 635. The number of hydrogen-bond acceptors (Lipinski definition) is 3. The summed E-state index contributed by atoms with van der Waals surface area (Å²) in [7, 11) is 0. The second kappa shape index (κ2) is 6.97. The van der Waals surface area contributed by atoms with E-state index in [-0.39, 0.29) is 6.61 Å². The molecule has 0 aliphatic rings. The van der Waals surface area contributed by atoms with Crippen molar-refractivity contribution in [2.45, 2.75) is 13.5 Å². The van der Waals surface area contributed by atoms with Crippen LogP contribution in [0.15, 0.2) is 46.9 Å². The maximum atomic E-state index is 8.51. The van der Waals surface area contributed by atoms with E-state index >= 15 is 0 Å². The zero-order chi connectivity index (χ0) is 14.4. The van der Waals surface area contributed by atoms with Gasteiger partial charge in [0.1, 0.15) is 11.8 Å². The lowest BCUT2D eigenvalue weighted by Gasteiger charge is -2.11. The number of nitriles is 1. The fourth-order valence-electron chi connectivity index (χ4n) is 1.86. The van der Waals surface area contributed by atoms with E-state index in [4.69, 9.17) is 10.00 Å². The van der Waals surface area contributed by atoms with E-state index in [0.29, 0.717) is 6.54 Å². The minimum Gasteiger partial charge on any atom is -0.479 e. The van der Waals surface area contributed by atoms with Crippen LogP contribution in [0.2, 0.25) is 0 Å². The van der Waals surface area contributed by atoms with E-state index < -0.39 is 0 Å². The van der Waals surface area contributed by atoms with Crippen LogP contribution in [-0.4, -0.2) is 6.61 Å². The third-order valence-corrected chi connectivity index (χ3v) is 3.81. The number of ether oxygens (including phenoxy) is 1. The number of nitrogens with zero attached hydrogens (tertiary/aromatic N) is 1. The predicted molar refractivity (Wildman–Crippen MR) is 83.8 cm³/mol. The zero-order valence-electron chi connectivity index (χ0n) is 11.2. The molecule has 0 atom stereocenters. The Hall–Kier alpha value is -1.99. The van der Waals surface area contributed by atoms with Gasteiger partial charge in [0.2, 0.25) is 0 Å². The molecule has 0 aliphatic heterocycles. The highest BCUT2D eigenvalue weighted by atomic mass is 79.9. The number of anilines is 1. The van der Waals surface area contributed by atoms with Crippen molar-refractivity contribution in [1.82, 2.24) is 0 Å². The standard InChI is InChI=1S/C16H15BrN2O/c1-12-15(17)6-3-7-16(12)19-11-13-4-2-5-14(10-13)20-9-8-18/h2-7,10,19H,9,11H2,1H3.